The Morgan fingerprint density at radius 3 is 2.67 bits per heavy atom. The lowest BCUT2D eigenvalue weighted by atomic mass is 9.95. The largest absolute Gasteiger partial charge is 0.387 e. The Morgan fingerprint density at radius 1 is 1.43 bits per heavy atom. The Morgan fingerprint density at radius 2 is 2.10 bits per heavy atom. The van der Waals surface area contributed by atoms with Crippen LogP contribution in [-0.4, -0.2) is 42.6 Å². The molecule has 6 heteroatoms. The summed E-state index contributed by atoms with van der Waals surface area (Å²) in [5, 5.41) is 12.7. The number of rotatable bonds is 4. The van der Waals surface area contributed by atoms with Crippen molar-refractivity contribution in [2.45, 2.75) is 18.9 Å². The van der Waals surface area contributed by atoms with Gasteiger partial charge in [-0.15, -0.1) is 0 Å². The molecule has 1 saturated heterocycles. The highest BCUT2D eigenvalue weighted by molar-refractivity contribution is 5.78. The standard InChI is InChI=1S/C15H20F2N2O2/c1-18-15(21)10-4-6-19(7-5-10)9-14(20)12-3-2-11(16)8-13(12)17/h2-3,8,10,14,20H,4-7,9H2,1H3,(H,18,21). The van der Waals surface area contributed by atoms with Gasteiger partial charge in [0.15, 0.2) is 0 Å². The lowest BCUT2D eigenvalue weighted by molar-refractivity contribution is -0.126. The number of likely N-dealkylation sites (tertiary alicyclic amines) is 1. The van der Waals surface area contributed by atoms with E-state index in [4.69, 9.17) is 0 Å². The first-order valence-electron chi connectivity index (χ1n) is 7.08. The van der Waals surface area contributed by atoms with Gasteiger partial charge in [0, 0.05) is 31.1 Å². The Kier molecular flexibility index (Phi) is 5.25. The van der Waals surface area contributed by atoms with Crippen LogP contribution in [0, 0.1) is 17.6 Å². The van der Waals surface area contributed by atoms with E-state index in [0.717, 1.165) is 25.0 Å². The van der Waals surface area contributed by atoms with Gasteiger partial charge in [-0.05, 0) is 32.0 Å². The van der Waals surface area contributed by atoms with Crippen LogP contribution in [0.5, 0.6) is 0 Å². The van der Waals surface area contributed by atoms with Gasteiger partial charge in [-0.3, -0.25) is 4.79 Å². The number of hydrogen-bond donors (Lipinski definition) is 2. The molecule has 0 aliphatic carbocycles. The summed E-state index contributed by atoms with van der Waals surface area (Å²) in [5.74, 6) is -1.34. The van der Waals surface area contributed by atoms with Crippen molar-refractivity contribution in [2.24, 2.45) is 5.92 Å². The zero-order chi connectivity index (χ0) is 15.4. The van der Waals surface area contributed by atoms with Gasteiger partial charge in [0.25, 0.3) is 0 Å². The van der Waals surface area contributed by atoms with E-state index >= 15 is 0 Å². The maximum atomic E-state index is 13.6. The lowest BCUT2D eigenvalue weighted by Crippen LogP contribution is -2.41. The van der Waals surface area contributed by atoms with Crippen LogP contribution in [0.15, 0.2) is 18.2 Å². The van der Waals surface area contributed by atoms with Crippen LogP contribution >= 0.6 is 0 Å². The van der Waals surface area contributed by atoms with Gasteiger partial charge in [-0.2, -0.15) is 0 Å². The number of β-amino-alcohol motifs (C(OH)–C–C–N with tert-alkyl or cyclic N) is 1. The second-order valence-corrected chi connectivity index (χ2v) is 5.37. The monoisotopic (exact) mass is 298 g/mol. The summed E-state index contributed by atoms with van der Waals surface area (Å²) < 4.78 is 26.4. The quantitative estimate of drug-likeness (QED) is 0.885. The molecule has 116 valence electrons. The summed E-state index contributed by atoms with van der Waals surface area (Å²) in [7, 11) is 1.62. The molecule has 1 aromatic rings. The van der Waals surface area contributed by atoms with E-state index in [1.165, 1.54) is 6.07 Å². The van der Waals surface area contributed by atoms with E-state index in [1.807, 2.05) is 4.90 Å². The Balaban J connectivity index is 1.89. The molecule has 1 fully saturated rings. The second kappa shape index (κ2) is 6.95. The maximum absolute atomic E-state index is 13.6. The third kappa shape index (κ3) is 3.98. The van der Waals surface area contributed by atoms with Gasteiger partial charge in [0.05, 0.1) is 6.10 Å². The fourth-order valence-corrected chi connectivity index (χ4v) is 2.70. The summed E-state index contributed by atoms with van der Waals surface area (Å²) in [5.41, 5.74) is 0.102. The molecule has 1 aliphatic rings. The van der Waals surface area contributed by atoms with Crippen LogP contribution < -0.4 is 5.32 Å². The Hall–Kier alpha value is -1.53. The molecule has 1 heterocycles. The number of nitrogens with one attached hydrogen (secondary N) is 1. The molecule has 1 atom stereocenters. The first kappa shape index (κ1) is 15.9. The molecule has 2 rings (SSSR count). The van der Waals surface area contributed by atoms with E-state index in [0.29, 0.717) is 13.1 Å². The van der Waals surface area contributed by atoms with Gasteiger partial charge in [-0.1, -0.05) is 6.07 Å². The number of nitrogens with zero attached hydrogens (tertiary/aromatic N) is 1. The molecule has 1 aromatic carbocycles. The minimum absolute atomic E-state index is 0.00551. The van der Waals surface area contributed by atoms with Crippen molar-refractivity contribution in [2.75, 3.05) is 26.7 Å². The van der Waals surface area contributed by atoms with Crippen molar-refractivity contribution in [3.63, 3.8) is 0 Å². The summed E-state index contributed by atoms with van der Waals surface area (Å²) in [4.78, 5) is 13.5. The number of piperidine rings is 1. The topological polar surface area (TPSA) is 52.6 Å². The molecular formula is C15H20F2N2O2. The van der Waals surface area contributed by atoms with Crippen LogP contribution in [0.2, 0.25) is 0 Å². The Labute approximate surface area is 122 Å². The van der Waals surface area contributed by atoms with E-state index in [2.05, 4.69) is 5.32 Å². The molecule has 2 N–H and O–H groups in total. The third-order valence-corrected chi connectivity index (χ3v) is 3.96. The SMILES string of the molecule is CNC(=O)C1CCN(CC(O)c2ccc(F)cc2F)CC1. The maximum Gasteiger partial charge on any atom is 0.222 e. The average Bonchev–Trinajstić information content (AvgIpc) is 2.47. The van der Waals surface area contributed by atoms with Crippen molar-refractivity contribution >= 4 is 5.91 Å². The predicted molar refractivity (Wildman–Crippen MR) is 74.5 cm³/mol. The molecule has 4 nitrogen and oxygen atoms in total. The van der Waals surface area contributed by atoms with Crippen molar-refractivity contribution < 1.29 is 18.7 Å². The summed E-state index contributed by atoms with van der Waals surface area (Å²) in [6, 6.07) is 3.18. The number of carbonyl (C=O) groups is 1. The molecule has 0 saturated carbocycles. The molecule has 1 amide bonds. The number of benzene rings is 1. The summed E-state index contributed by atoms with van der Waals surface area (Å²) in [6.45, 7) is 1.64. The van der Waals surface area contributed by atoms with E-state index in [9.17, 15) is 18.7 Å². The van der Waals surface area contributed by atoms with Crippen molar-refractivity contribution in [1.82, 2.24) is 10.2 Å². The van der Waals surface area contributed by atoms with E-state index in [-0.39, 0.29) is 23.9 Å². The smallest absolute Gasteiger partial charge is 0.222 e. The van der Waals surface area contributed by atoms with Crippen molar-refractivity contribution in [1.29, 1.82) is 0 Å². The zero-order valence-electron chi connectivity index (χ0n) is 12.0. The van der Waals surface area contributed by atoms with Gasteiger partial charge in [0.1, 0.15) is 11.6 Å². The van der Waals surface area contributed by atoms with E-state index in [1.54, 1.807) is 7.05 Å². The van der Waals surface area contributed by atoms with Gasteiger partial charge in [-0.25, -0.2) is 8.78 Å². The van der Waals surface area contributed by atoms with Gasteiger partial charge >= 0.3 is 0 Å². The highest BCUT2D eigenvalue weighted by Gasteiger charge is 2.26. The van der Waals surface area contributed by atoms with Crippen LogP contribution in [-0.2, 0) is 4.79 Å². The first-order valence-corrected chi connectivity index (χ1v) is 7.08. The highest BCUT2D eigenvalue weighted by atomic mass is 19.1. The minimum Gasteiger partial charge on any atom is -0.387 e. The number of aliphatic hydroxyl groups is 1. The van der Waals surface area contributed by atoms with Crippen LogP contribution in [0.1, 0.15) is 24.5 Å². The number of carbonyl (C=O) groups excluding carboxylic acids is 1. The number of aliphatic hydroxyl groups excluding tert-OH is 1. The first-order chi connectivity index (χ1) is 10.0. The van der Waals surface area contributed by atoms with E-state index < -0.39 is 17.7 Å². The number of amides is 1. The summed E-state index contributed by atoms with van der Waals surface area (Å²) >= 11 is 0. The molecule has 0 bridgehead atoms. The van der Waals surface area contributed by atoms with Crippen molar-refractivity contribution in [3.8, 4) is 0 Å². The molecule has 1 unspecified atom stereocenters. The summed E-state index contributed by atoms with van der Waals surface area (Å²) in [6.07, 6.45) is 0.443. The number of halogens is 2. The fourth-order valence-electron chi connectivity index (χ4n) is 2.70. The predicted octanol–water partition coefficient (Wildman–Crippen LogP) is 1.46. The Bertz CT molecular complexity index is 502. The average molecular weight is 298 g/mol. The third-order valence-electron chi connectivity index (χ3n) is 3.96. The fraction of sp³-hybridized carbons (Fsp3) is 0.533. The van der Waals surface area contributed by atoms with Crippen LogP contribution in [0.25, 0.3) is 0 Å². The van der Waals surface area contributed by atoms with Crippen LogP contribution in [0.3, 0.4) is 0 Å². The zero-order valence-corrected chi connectivity index (χ0v) is 12.0. The molecule has 1 aliphatic heterocycles. The molecule has 21 heavy (non-hydrogen) atoms. The lowest BCUT2D eigenvalue weighted by Gasteiger charge is -2.32. The number of hydrogen-bond acceptors (Lipinski definition) is 3. The molecule has 0 spiro atoms. The van der Waals surface area contributed by atoms with Gasteiger partial charge < -0.3 is 15.3 Å². The highest BCUT2D eigenvalue weighted by Crippen LogP contribution is 2.22. The normalized spacial score (nSPS) is 18.5. The van der Waals surface area contributed by atoms with Crippen LogP contribution in [0.4, 0.5) is 8.78 Å². The second-order valence-electron chi connectivity index (χ2n) is 5.37. The molecule has 0 aromatic heterocycles. The van der Waals surface area contributed by atoms with Crippen molar-refractivity contribution in [3.05, 3.63) is 35.4 Å². The minimum atomic E-state index is -0.998. The molecular weight excluding hydrogens is 278 g/mol. The molecule has 0 radical (unpaired) electrons. The van der Waals surface area contributed by atoms with Gasteiger partial charge in [0.2, 0.25) is 5.91 Å².